The van der Waals surface area contributed by atoms with Crippen LogP contribution in [0.2, 0.25) is 0 Å². The van der Waals surface area contributed by atoms with Crippen LogP contribution >= 0.6 is 0 Å². The summed E-state index contributed by atoms with van der Waals surface area (Å²) in [6.45, 7) is 0.232. The summed E-state index contributed by atoms with van der Waals surface area (Å²) >= 11 is 0. The van der Waals surface area contributed by atoms with Crippen LogP contribution in [-0.4, -0.2) is 53.4 Å². The fraction of sp³-hybridized carbons (Fsp3) is 0.571. The van der Waals surface area contributed by atoms with Gasteiger partial charge in [0.15, 0.2) is 0 Å². The number of piperazine rings is 1. The Balaban J connectivity index is 2.20. The molecule has 2 rings (SSSR count). The Morgan fingerprint density at radius 2 is 2.14 bits per heavy atom. The Labute approximate surface area is 79.8 Å². The minimum Gasteiger partial charge on any atom is -0.351 e. The second-order valence-corrected chi connectivity index (χ2v) is 3.27. The van der Waals surface area contributed by atoms with Crippen molar-refractivity contribution < 1.29 is 14.4 Å². The molecule has 7 nitrogen and oxygen atoms in total. The SMILES string of the molecule is NC(=O)N1CC(=O)N2CC(=O)NCC12. The first kappa shape index (κ1) is 8.79. The van der Waals surface area contributed by atoms with Gasteiger partial charge in [0.1, 0.15) is 19.3 Å². The first-order chi connectivity index (χ1) is 6.59. The Morgan fingerprint density at radius 3 is 2.79 bits per heavy atom. The van der Waals surface area contributed by atoms with Gasteiger partial charge in [0, 0.05) is 0 Å². The Bertz CT molecular complexity index is 316. The van der Waals surface area contributed by atoms with Crippen molar-refractivity contribution in [1.82, 2.24) is 15.1 Å². The van der Waals surface area contributed by atoms with E-state index in [1.807, 2.05) is 0 Å². The average Bonchev–Trinajstić information content (AvgIpc) is 2.44. The van der Waals surface area contributed by atoms with Crippen molar-refractivity contribution in [3.63, 3.8) is 0 Å². The van der Waals surface area contributed by atoms with E-state index >= 15 is 0 Å². The van der Waals surface area contributed by atoms with Gasteiger partial charge in [-0.3, -0.25) is 14.5 Å². The van der Waals surface area contributed by atoms with Crippen LogP contribution in [0.15, 0.2) is 0 Å². The summed E-state index contributed by atoms with van der Waals surface area (Å²) < 4.78 is 0. The predicted molar refractivity (Wildman–Crippen MR) is 44.8 cm³/mol. The van der Waals surface area contributed by atoms with Crippen LogP contribution in [0.25, 0.3) is 0 Å². The highest BCUT2D eigenvalue weighted by molar-refractivity contribution is 5.92. The van der Waals surface area contributed by atoms with E-state index in [1.54, 1.807) is 0 Å². The molecule has 0 aromatic carbocycles. The van der Waals surface area contributed by atoms with E-state index in [0.717, 1.165) is 0 Å². The lowest BCUT2D eigenvalue weighted by atomic mass is 10.3. The van der Waals surface area contributed by atoms with Crippen molar-refractivity contribution in [2.75, 3.05) is 19.6 Å². The van der Waals surface area contributed by atoms with Gasteiger partial charge in [0.2, 0.25) is 11.8 Å². The van der Waals surface area contributed by atoms with E-state index in [-0.39, 0.29) is 31.4 Å². The molecule has 76 valence electrons. The number of hydrogen-bond donors (Lipinski definition) is 2. The maximum atomic E-state index is 11.4. The van der Waals surface area contributed by atoms with Crippen molar-refractivity contribution in [2.24, 2.45) is 5.73 Å². The van der Waals surface area contributed by atoms with Crippen LogP contribution < -0.4 is 11.1 Å². The molecule has 2 saturated heterocycles. The minimum absolute atomic E-state index is 0.00722. The van der Waals surface area contributed by atoms with E-state index in [9.17, 15) is 14.4 Å². The molecular formula is C7H10N4O3. The molecule has 0 bridgehead atoms. The van der Waals surface area contributed by atoms with Gasteiger partial charge in [-0.25, -0.2) is 4.79 Å². The normalized spacial score (nSPS) is 26.1. The maximum absolute atomic E-state index is 11.4. The molecule has 14 heavy (non-hydrogen) atoms. The summed E-state index contributed by atoms with van der Waals surface area (Å²) in [5.41, 5.74) is 5.10. The van der Waals surface area contributed by atoms with Crippen LogP contribution in [0.4, 0.5) is 4.79 Å². The van der Waals surface area contributed by atoms with Crippen LogP contribution in [-0.2, 0) is 9.59 Å². The number of amides is 4. The molecular weight excluding hydrogens is 188 g/mol. The topological polar surface area (TPSA) is 95.7 Å². The zero-order valence-electron chi connectivity index (χ0n) is 7.40. The zero-order chi connectivity index (χ0) is 10.3. The van der Waals surface area contributed by atoms with E-state index in [4.69, 9.17) is 5.73 Å². The smallest absolute Gasteiger partial charge is 0.316 e. The number of carbonyl (C=O) groups is 3. The van der Waals surface area contributed by atoms with Crippen molar-refractivity contribution in [3.8, 4) is 0 Å². The quantitative estimate of drug-likeness (QED) is 0.456. The average molecular weight is 198 g/mol. The molecule has 2 fully saturated rings. The molecule has 0 aromatic rings. The number of nitrogens with two attached hydrogens (primary N) is 1. The Hall–Kier alpha value is -1.79. The monoisotopic (exact) mass is 198 g/mol. The van der Waals surface area contributed by atoms with Crippen LogP contribution in [0.3, 0.4) is 0 Å². The van der Waals surface area contributed by atoms with Crippen molar-refractivity contribution in [2.45, 2.75) is 6.17 Å². The molecule has 2 aliphatic heterocycles. The van der Waals surface area contributed by atoms with Gasteiger partial charge < -0.3 is 16.0 Å². The van der Waals surface area contributed by atoms with E-state index < -0.39 is 12.2 Å². The standard InChI is InChI=1S/C7H10N4O3/c8-7(14)11-3-6(13)10-2-4(12)9-1-5(10)11/h5H,1-3H2,(H2,8,14)(H,9,12). The van der Waals surface area contributed by atoms with Gasteiger partial charge in [-0.15, -0.1) is 0 Å². The third-order valence-corrected chi connectivity index (χ3v) is 2.42. The van der Waals surface area contributed by atoms with Crippen molar-refractivity contribution in [1.29, 1.82) is 0 Å². The van der Waals surface area contributed by atoms with E-state index in [2.05, 4.69) is 5.32 Å². The third-order valence-electron chi connectivity index (χ3n) is 2.42. The molecule has 1 atom stereocenters. The summed E-state index contributed by atoms with van der Waals surface area (Å²) in [5, 5.41) is 2.58. The number of urea groups is 1. The van der Waals surface area contributed by atoms with Crippen LogP contribution in [0, 0.1) is 0 Å². The largest absolute Gasteiger partial charge is 0.351 e. The van der Waals surface area contributed by atoms with Gasteiger partial charge in [0.05, 0.1) is 6.54 Å². The summed E-state index contributed by atoms with van der Waals surface area (Å²) in [4.78, 5) is 35.9. The highest BCUT2D eigenvalue weighted by Gasteiger charge is 2.42. The number of fused-ring (bicyclic) bond motifs is 1. The summed E-state index contributed by atoms with van der Waals surface area (Å²) in [5.74, 6) is -0.440. The van der Waals surface area contributed by atoms with Gasteiger partial charge in [0.25, 0.3) is 0 Å². The second-order valence-electron chi connectivity index (χ2n) is 3.27. The lowest BCUT2D eigenvalue weighted by Gasteiger charge is -2.32. The molecule has 7 heteroatoms. The van der Waals surface area contributed by atoms with Gasteiger partial charge >= 0.3 is 6.03 Å². The van der Waals surface area contributed by atoms with Gasteiger partial charge in [-0.1, -0.05) is 0 Å². The fourth-order valence-electron chi connectivity index (χ4n) is 1.73. The Morgan fingerprint density at radius 1 is 1.43 bits per heavy atom. The minimum atomic E-state index is -0.637. The van der Waals surface area contributed by atoms with Gasteiger partial charge in [-0.05, 0) is 0 Å². The Kier molecular flexibility index (Phi) is 1.80. The van der Waals surface area contributed by atoms with E-state index in [0.29, 0.717) is 0 Å². The highest BCUT2D eigenvalue weighted by atomic mass is 16.2. The number of rotatable bonds is 0. The number of primary amides is 1. The first-order valence-electron chi connectivity index (χ1n) is 4.22. The molecule has 1 unspecified atom stereocenters. The molecule has 3 N–H and O–H groups in total. The first-order valence-corrected chi connectivity index (χ1v) is 4.22. The predicted octanol–water partition coefficient (Wildman–Crippen LogP) is -2.33. The van der Waals surface area contributed by atoms with Crippen molar-refractivity contribution in [3.05, 3.63) is 0 Å². The second kappa shape index (κ2) is 2.86. The molecule has 0 radical (unpaired) electrons. The molecule has 0 aromatic heterocycles. The number of nitrogens with zero attached hydrogens (tertiary/aromatic N) is 2. The zero-order valence-corrected chi connectivity index (χ0v) is 7.40. The number of nitrogens with one attached hydrogen (secondary N) is 1. The molecule has 4 amide bonds. The maximum Gasteiger partial charge on any atom is 0.316 e. The third kappa shape index (κ3) is 1.17. The molecule has 2 heterocycles. The molecule has 0 spiro atoms. The number of hydrogen-bond acceptors (Lipinski definition) is 3. The highest BCUT2D eigenvalue weighted by Crippen LogP contribution is 2.16. The summed E-state index contributed by atoms with van der Waals surface area (Å²) in [6.07, 6.45) is -0.405. The van der Waals surface area contributed by atoms with E-state index in [1.165, 1.54) is 9.80 Å². The number of carbonyl (C=O) groups excluding carboxylic acids is 3. The summed E-state index contributed by atoms with van der Waals surface area (Å²) in [6, 6.07) is -0.637. The van der Waals surface area contributed by atoms with Gasteiger partial charge in [-0.2, -0.15) is 0 Å². The van der Waals surface area contributed by atoms with Crippen LogP contribution in [0.1, 0.15) is 0 Å². The van der Waals surface area contributed by atoms with Crippen molar-refractivity contribution >= 4 is 17.8 Å². The summed E-state index contributed by atoms with van der Waals surface area (Å²) in [7, 11) is 0. The molecule has 0 aliphatic carbocycles. The van der Waals surface area contributed by atoms with Crippen LogP contribution in [0.5, 0.6) is 0 Å². The molecule has 2 aliphatic rings. The fourth-order valence-corrected chi connectivity index (χ4v) is 1.73. The molecule has 0 saturated carbocycles. The lowest BCUT2D eigenvalue weighted by molar-refractivity contribution is -0.136. The lowest BCUT2D eigenvalue weighted by Crippen LogP contribution is -2.57.